The summed E-state index contributed by atoms with van der Waals surface area (Å²) in [6, 6.07) is 0. The van der Waals surface area contributed by atoms with Gasteiger partial charge in [-0.3, -0.25) is 5.41 Å². The highest BCUT2D eigenvalue weighted by molar-refractivity contribution is 5.82. The monoisotopic (exact) mass is 241 g/mol. The highest BCUT2D eigenvalue weighted by Gasteiger charge is 2.28. The first kappa shape index (κ1) is 14.5. The van der Waals surface area contributed by atoms with E-state index in [1.807, 2.05) is 13.8 Å². The van der Waals surface area contributed by atoms with E-state index in [1.54, 1.807) is 0 Å². The van der Waals surface area contributed by atoms with Crippen LogP contribution in [0, 0.1) is 16.7 Å². The molecule has 4 heteroatoms. The molecule has 17 heavy (non-hydrogen) atoms. The van der Waals surface area contributed by atoms with Crippen LogP contribution in [0.25, 0.3) is 0 Å². The number of aliphatic hydroxyl groups is 1. The van der Waals surface area contributed by atoms with Crippen LogP contribution in [-0.4, -0.2) is 42.1 Å². The number of amidine groups is 1. The molecule has 0 saturated heterocycles. The predicted octanol–water partition coefficient (Wildman–Crippen LogP) is 1.43. The largest absolute Gasteiger partial charge is 0.393 e. The molecule has 1 aliphatic carbocycles. The maximum Gasteiger partial charge on any atom is 0.0963 e. The number of nitrogens with zero attached hydrogens (tertiary/aromatic N) is 1. The normalized spacial score (nSPS) is 24.8. The van der Waals surface area contributed by atoms with Gasteiger partial charge in [0.1, 0.15) is 0 Å². The van der Waals surface area contributed by atoms with E-state index in [0.29, 0.717) is 5.92 Å². The summed E-state index contributed by atoms with van der Waals surface area (Å²) in [6.07, 6.45) is 3.90. The summed E-state index contributed by atoms with van der Waals surface area (Å²) in [6.45, 7) is 6.18. The van der Waals surface area contributed by atoms with Crippen LogP contribution in [0.3, 0.4) is 0 Å². The molecule has 0 unspecified atom stereocenters. The maximum absolute atomic E-state index is 9.22. The number of nitrogens with one attached hydrogen (secondary N) is 1. The van der Waals surface area contributed by atoms with Crippen molar-refractivity contribution in [2.45, 2.75) is 45.6 Å². The second-order valence-electron chi connectivity index (χ2n) is 6.15. The fraction of sp³-hybridized carbons (Fsp3) is 0.923. The Hall–Kier alpha value is -0.610. The Bertz CT molecular complexity index is 259. The van der Waals surface area contributed by atoms with Gasteiger partial charge in [0.05, 0.1) is 11.9 Å². The van der Waals surface area contributed by atoms with Crippen molar-refractivity contribution in [3.8, 4) is 0 Å². The molecule has 4 nitrogen and oxygen atoms in total. The SMILES string of the molecule is CN(CCCC(C)(C)C(=N)N)CC1CC(O)C1. The zero-order valence-electron chi connectivity index (χ0n) is 11.4. The molecular formula is C13H27N3O. The molecule has 1 fully saturated rings. The Morgan fingerprint density at radius 1 is 1.47 bits per heavy atom. The van der Waals surface area contributed by atoms with Crippen LogP contribution in [0.5, 0.6) is 0 Å². The molecule has 100 valence electrons. The van der Waals surface area contributed by atoms with Gasteiger partial charge in [-0.1, -0.05) is 13.8 Å². The van der Waals surface area contributed by atoms with Crippen LogP contribution in [0.1, 0.15) is 39.5 Å². The molecule has 0 radical (unpaired) electrons. The number of nitrogens with two attached hydrogens (primary N) is 1. The molecular weight excluding hydrogens is 214 g/mol. The minimum Gasteiger partial charge on any atom is -0.393 e. The van der Waals surface area contributed by atoms with Crippen molar-refractivity contribution in [2.24, 2.45) is 17.1 Å². The van der Waals surface area contributed by atoms with Crippen molar-refractivity contribution in [1.82, 2.24) is 4.90 Å². The highest BCUT2D eigenvalue weighted by Crippen LogP contribution is 2.28. The van der Waals surface area contributed by atoms with Gasteiger partial charge < -0.3 is 15.7 Å². The lowest BCUT2D eigenvalue weighted by Crippen LogP contribution is -2.38. The summed E-state index contributed by atoms with van der Waals surface area (Å²) in [5.74, 6) is 0.957. The summed E-state index contributed by atoms with van der Waals surface area (Å²) in [7, 11) is 2.13. The van der Waals surface area contributed by atoms with Crippen LogP contribution in [-0.2, 0) is 0 Å². The quantitative estimate of drug-likeness (QED) is 0.466. The molecule has 1 rings (SSSR count). The molecule has 0 heterocycles. The van der Waals surface area contributed by atoms with Crippen LogP contribution >= 0.6 is 0 Å². The van der Waals surface area contributed by atoms with E-state index < -0.39 is 0 Å². The maximum atomic E-state index is 9.22. The standard InChI is InChI=1S/C13H27N3O/c1-13(2,12(14)15)5-4-6-16(3)9-10-7-11(17)8-10/h10-11,17H,4-9H2,1-3H3,(H3,14,15). The van der Waals surface area contributed by atoms with Crippen molar-refractivity contribution >= 4 is 5.84 Å². The summed E-state index contributed by atoms with van der Waals surface area (Å²) >= 11 is 0. The fourth-order valence-corrected chi connectivity index (χ4v) is 2.31. The van der Waals surface area contributed by atoms with Crippen LogP contribution in [0.15, 0.2) is 0 Å². The Morgan fingerprint density at radius 3 is 2.53 bits per heavy atom. The first-order chi connectivity index (χ1) is 7.81. The van der Waals surface area contributed by atoms with E-state index in [4.69, 9.17) is 11.1 Å². The summed E-state index contributed by atoms with van der Waals surface area (Å²) < 4.78 is 0. The van der Waals surface area contributed by atoms with Gasteiger partial charge in [-0.2, -0.15) is 0 Å². The van der Waals surface area contributed by atoms with Gasteiger partial charge in [0.15, 0.2) is 0 Å². The van der Waals surface area contributed by atoms with E-state index in [0.717, 1.165) is 38.8 Å². The van der Waals surface area contributed by atoms with Gasteiger partial charge in [-0.25, -0.2) is 0 Å². The van der Waals surface area contributed by atoms with E-state index in [1.165, 1.54) is 0 Å². The van der Waals surface area contributed by atoms with Gasteiger partial charge in [-0.15, -0.1) is 0 Å². The first-order valence-electron chi connectivity index (χ1n) is 6.52. The van der Waals surface area contributed by atoms with Crippen LogP contribution in [0.2, 0.25) is 0 Å². The molecule has 0 aromatic rings. The third kappa shape index (κ3) is 4.64. The van der Waals surface area contributed by atoms with Gasteiger partial charge >= 0.3 is 0 Å². The second-order valence-corrected chi connectivity index (χ2v) is 6.15. The Morgan fingerprint density at radius 2 is 2.06 bits per heavy atom. The summed E-state index contributed by atoms with van der Waals surface area (Å²) in [5, 5.41) is 16.7. The third-order valence-electron chi connectivity index (χ3n) is 3.85. The highest BCUT2D eigenvalue weighted by atomic mass is 16.3. The van der Waals surface area contributed by atoms with Crippen LogP contribution < -0.4 is 5.73 Å². The second kappa shape index (κ2) is 5.83. The van der Waals surface area contributed by atoms with Gasteiger partial charge in [-0.05, 0) is 45.2 Å². The molecule has 0 aromatic heterocycles. The van der Waals surface area contributed by atoms with Crippen molar-refractivity contribution < 1.29 is 5.11 Å². The molecule has 4 N–H and O–H groups in total. The number of hydrogen-bond donors (Lipinski definition) is 3. The topological polar surface area (TPSA) is 73.3 Å². The zero-order valence-corrected chi connectivity index (χ0v) is 11.4. The third-order valence-corrected chi connectivity index (χ3v) is 3.85. The van der Waals surface area contributed by atoms with E-state index in [2.05, 4.69) is 11.9 Å². The van der Waals surface area contributed by atoms with Gasteiger partial charge in [0.2, 0.25) is 0 Å². The Kier molecular flexibility index (Phi) is 4.95. The minimum atomic E-state index is -0.173. The van der Waals surface area contributed by atoms with Crippen molar-refractivity contribution in [3.63, 3.8) is 0 Å². The Balaban J connectivity index is 2.11. The van der Waals surface area contributed by atoms with Crippen molar-refractivity contribution in [3.05, 3.63) is 0 Å². The lowest BCUT2D eigenvalue weighted by molar-refractivity contribution is 0.0280. The summed E-state index contributed by atoms with van der Waals surface area (Å²) in [5.41, 5.74) is 5.38. The molecule has 0 spiro atoms. The zero-order chi connectivity index (χ0) is 13.1. The average Bonchev–Trinajstić information content (AvgIpc) is 2.14. The van der Waals surface area contributed by atoms with Crippen molar-refractivity contribution in [1.29, 1.82) is 5.41 Å². The van der Waals surface area contributed by atoms with Crippen LogP contribution in [0.4, 0.5) is 0 Å². The van der Waals surface area contributed by atoms with E-state index in [-0.39, 0.29) is 17.4 Å². The van der Waals surface area contributed by atoms with Gasteiger partial charge in [0.25, 0.3) is 0 Å². The predicted molar refractivity (Wildman–Crippen MR) is 71.2 cm³/mol. The first-order valence-corrected chi connectivity index (χ1v) is 6.52. The number of rotatable bonds is 7. The van der Waals surface area contributed by atoms with Gasteiger partial charge in [0, 0.05) is 12.0 Å². The van der Waals surface area contributed by atoms with E-state index >= 15 is 0 Å². The smallest absolute Gasteiger partial charge is 0.0963 e. The fourth-order valence-electron chi connectivity index (χ4n) is 2.31. The molecule has 1 aliphatic rings. The Labute approximate surface area is 105 Å². The molecule has 0 aliphatic heterocycles. The number of hydrogen-bond acceptors (Lipinski definition) is 3. The summed E-state index contributed by atoms with van der Waals surface area (Å²) in [4.78, 5) is 2.33. The molecule has 0 aromatic carbocycles. The molecule has 0 bridgehead atoms. The minimum absolute atomic E-state index is 0.0509. The average molecular weight is 241 g/mol. The van der Waals surface area contributed by atoms with E-state index in [9.17, 15) is 5.11 Å². The molecule has 1 saturated carbocycles. The molecule has 0 amide bonds. The lowest BCUT2D eigenvalue weighted by atomic mass is 9.82. The lowest BCUT2D eigenvalue weighted by Gasteiger charge is -2.34. The number of aliphatic hydroxyl groups excluding tert-OH is 1. The van der Waals surface area contributed by atoms with Crippen molar-refractivity contribution in [2.75, 3.05) is 20.1 Å². The molecule has 0 atom stereocenters.